The molecular formula is C9H14N4O7. The van der Waals surface area contributed by atoms with E-state index in [0.29, 0.717) is 0 Å². The van der Waals surface area contributed by atoms with Crippen molar-refractivity contribution in [2.75, 3.05) is 6.61 Å². The lowest BCUT2D eigenvalue weighted by Crippen LogP contribution is -2.56. The van der Waals surface area contributed by atoms with Gasteiger partial charge in [-0.2, -0.15) is 5.90 Å². The minimum absolute atomic E-state index is 0.232. The van der Waals surface area contributed by atoms with E-state index in [1.807, 2.05) is 0 Å². The topological polar surface area (TPSA) is 173 Å². The number of aliphatic hydroxyl groups is 4. The average Bonchev–Trinajstić information content (AvgIpc) is 2.94. The van der Waals surface area contributed by atoms with Gasteiger partial charge in [-0.1, -0.05) is 5.21 Å². The van der Waals surface area contributed by atoms with Gasteiger partial charge in [0.2, 0.25) is 0 Å². The number of hydrogen-bond donors (Lipinski definition) is 5. The van der Waals surface area contributed by atoms with Crippen LogP contribution in [0.4, 0.5) is 0 Å². The summed E-state index contributed by atoms with van der Waals surface area (Å²) in [5.74, 6) is 3.75. The maximum atomic E-state index is 11.1. The zero-order chi connectivity index (χ0) is 14.9. The Morgan fingerprint density at radius 3 is 2.70 bits per heavy atom. The summed E-state index contributed by atoms with van der Waals surface area (Å²) in [6.07, 6.45) is -5.81. The van der Waals surface area contributed by atoms with E-state index < -0.39 is 43.2 Å². The van der Waals surface area contributed by atoms with Crippen molar-refractivity contribution in [3.8, 4) is 0 Å². The molecule has 2 rings (SSSR count). The standard InChI is InChI=1S/C9H14N4O7/c10-20-9(18)3-1-13(12-11-3)8-7(17)6(16)5(15)4(2-14)19-8/h1,4-8,14-17H,2,10H2/t4-,5-,6+,7-,8+/m1/s1. The summed E-state index contributed by atoms with van der Waals surface area (Å²) in [7, 11) is 0. The second-order valence-corrected chi connectivity index (χ2v) is 4.21. The van der Waals surface area contributed by atoms with E-state index >= 15 is 0 Å². The molecule has 0 aliphatic carbocycles. The molecule has 1 fully saturated rings. The number of nitrogens with two attached hydrogens (primary N) is 1. The molecule has 1 aliphatic rings. The molecule has 0 bridgehead atoms. The third-order valence-electron chi connectivity index (χ3n) is 2.95. The number of ether oxygens (including phenoxy) is 1. The molecule has 11 nitrogen and oxygen atoms in total. The van der Waals surface area contributed by atoms with Crippen LogP contribution in [0.25, 0.3) is 0 Å². The number of aromatic nitrogens is 3. The number of carbonyl (C=O) groups is 1. The number of aliphatic hydroxyl groups excluding tert-OH is 4. The predicted molar refractivity (Wildman–Crippen MR) is 58.6 cm³/mol. The summed E-state index contributed by atoms with van der Waals surface area (Å²) in [4.78, 5) is 15.1. The third-order valence-corrected chi connectivity index (χ3v) is 2.95. The van der Waals surface area contributed by atoms with Crippen LogP contribution >= 0.6 is 0 Å². The van der Waals surface area contributed by atoms with Crippen molar-refractivity contribution in [1.29, 1.82) is 0 Å². The fraction of sp³-hybridized carbons (Fsp3) is 0.667. The van der Waals surface area contributed by atoms with E-state index in [4.69, 9.17) is 9.84 Å². The molecule has 0 radical (unpaired) electrons. The molecule has 0 unspecified atom stereocenters. The second kappa shape index (κ2) is 5.78. The summed E-state index contributed by atoms with van der Waals surface area (Å²) in [5.41, 5.74) is -0.232. The van der Waals surface area contributed by atoms with Crippen LogP contribution in [-0.2, 0) is 9.57 Å². The van der Waals surface area contributed by atoms with Crippen molar-refractivity contribution < 1.29 is 34.8 Å². The molecule has 112 valence electrons. The largest absolute Gasteiger partial charge is 0.394 e. The van der Waals surface area contributed by atoms with Crippen molar-refractivity contribution in [3.05, 3.63) is 11.9 Å². The van der Waals surface area contributed by atoms with Gasteiger partial charge in [0.1, 0.15) is 24.4 Å². The van der Waals surface area contributed by atoms with Gasteiger partial charge in [-0.05, 0) is 0 Å². The Morgan fingerprint density at radius 1 is 1.40 bits per heavy atom. The smallest absolute Gasteiger partial charge is 0.378 e. The highest BCUT2D eigenvalue weighted by atomic mass is 16.7. The molecule has 20 heavy (non-hydrogen) atoms. The van der Waals surface area contributed by atoms with Crippen LogP contribution < -0.4 is 5.90 Å². The monoisotopic (exact) mass is 290 g/mol. The first kappa shape index (κ1) is 14.8. The first-order chi connectivity index (χ1) is 9.49. The first-order valence-corrected chi connectivity index (χ1v) is 5.63. The van der Waals surface area contributed by atoms with Gasteiger partial charge >= 0.3 is 5.97 Å². The minimum atomic E-state index is -1.56. The van der Waals surface area contributed by atoms with Gasteiger partial charge in [-0.25, -0.2) is 9.48 Å². The lowest BCUT2D eigenvalue weighted by atomic mass is 9.98. The van der Waals surface area contributed by atoms with Gasteiger partial charge in [0, 0.05) is 0 Å². The van der Waals surface area contributed by atoms with Gasteiger partial charge in [0.15, 0.2) is 11.9 Å². The molecule has 1 aromatic heterocycles. The fourth-order valence-electron chi connectivity index (χ4n) is 1.86. The van der Waals surface area contributed by atoms with Gasteiger partial charge in [-0.15, -0.1) is 5.10 Å². The van der Waals surface area contributed by atoms with Crippen LogP contribution in [0.15, 0.2) is 6.20 Å². The Labute approximate surface area is 112 Å². The van der Waals surface area contributed by atoms with Crippen molar-refractivity contribution in [1.82, 2.24) is 15.0 Å². The van der Waals surface area contributed by atoms with E-state index in [0.717, 1.165) is 10.9 Å². The van der Waals surface area contributed by atoms with Gasteiger partial charge < -0.3 is 30.0 Å². The third kappa shape index (κ3) is 2.49. The van der Waals surface area contributed by atoms with Gasteiger partial charge in [-0.3, -0.25) is 0 Å². The maximum Gasteiger partial charge on any atom is 0.378 e. The SMILES string of the molecule is NOC(=O)c1cn([C@H]2O[C@H](CO)[C@@H](O)[C@H](O)[C@H]2O)nn1. The van der Waals surface area contributed by atoms with Crippen molar-refractivity contribution >= 4 is 5.97 Å². The molecule has 11 heteroatoms. The van der Waals surface area contributed by atoms with Crippen LogP contribution in [0.5, 0.6) is 0 Å². The molecule has 0 aromatic carbocycles. The maximum absolute atomic E-state index is 11.1. The highest BCUT2D eigenvalue weighted by Crippen LogP contribution is 2.27. The zero-order valence-electron chi connectivity index (χ0n) is 10.1. The van der Waals surface area contributed by atoms with E-state index in [1.165, 1.54) is 0 Å². The summed E-state index contributed by atoms with van der Waals surface area (Å²) in [5, 5.41) is 45.1. The number of rotatable bonds is 3. The summed E-state index contributed by atoms with van der Waals surface area (Å²) < 4.78 is 6.16. The normalized spacial score (nSPS) is 34.0. The van der Waals surface area contributed by atoms with Gasteiger partial charge in [0.05, 0.1) is 12.8 Å². The quantitative estimate of drug-likeness (QED) is 0.348. The highest BCUT2D eigenvalue weighted by Gasteiger charge is 2.44. The fourth-order valence-corrected chi connectivity index (χ4v) is 1.86. The number of nitrogens with zero attached hydrogens (tertiary/aromatic N) is 3. The van der Waals surface area contributed by atoms with E-state index in [1.54, 1.807) is 0 Å². The molecule has 5 atom stereocenters. The number of carbonyl (C=O) groups excluding carboxylic acids is 1. The summed E-state index contributed by atoms with van der Waals surface area (Å²) in [6.45, 7) is -0.576. The zero-order valence-corrected chi connectivity index (χ0v) is 10.1. The van der Waals surface area contributed by atoms with Crippen molar-refractivity contribution in [2.24, 2.45) is 5.90 Å². The molecule has 1 saturated heterocycles. The molecule has 0 spiro atoms. The summed E-state index contributed by atoms with van der Waals surface area (Å²) in [6, 6.07) is 0. The Balaban J connectivity index is 2.22. The summed E-state index contributed by atoms with van der Waals surface area (Å²) >= 11 is 0. The Kier molecular flexibility index (Phi) is 4.27. The molecule has 1 aliphatic heterocycles. The highest BCUT2D eigenvalue weighted by molar-refractivity contribution is 5.86. The first-order valence-electron chi connectivity index (χ1n) is 5.63. The Morgan fingerprint density at radius 2 is 2.10 bits per heavy atom. The van der Waals surface area contributed by atoms with Crippen LogP contribution in [0.2, 0.25) is 0 Å². The van der Waals surface area contributed by atoms with E-state index in [-0.39, 0.29) is 5.69 Å². The molecule has 0 saturated carbocycles. The van der Waals surface area contributed by atoms with Crippen LogP contribution in [-0.4, -0.2) is 72.4 Å². The Bertz CT molecular complexity index is 479. The van der Waals surface area contributed by atoms with Crippen molar-refractivity contribution in [2.45, 2.75) is 30.6 Å². The lowest BCUT2D eigenvalue weighted by Gasteiger charge is -2.39. The lowest BCUT2D eigenvalue weighted by molar-refractivity contribution is -0.254. The van der Waals surface area contributed by atoms with Crippen LogP contribution in [0.1, 0.15) is 16.7 Å². The van der Waals surface area contributed by atoms with Crippen LogP contribution in [0.3, 0.4) is 0 Å². The van der Waals surface area contributed by atoms with E-state index in [9.17, 15) is 20.1 Å². The molecule has 2 heterocycles. The predicted octanol–water partition coefficient (Wildman–Crippen LogP) is -3.72. The molecular weight excluding hydrogens is 276 g/mol. The second-order valence-electron chi connectivity index (χ2n) is 4.21. The number of hydrogen-bond acceptors (Lipinski definition) is 10. The average molecular weight is 290 g/mol. The minimum Gasteiger partial charge on any atom is -0.394 e. The molecule has 6 N–H and O–H groups in total. The molecule has 1 aromatic rings. The van der Waals surface area contributed by atoms with Crippen LogP contribution in [0, 0.1) is 0 Å². The molecule has 0 amide bonds. The van der Waals surface area contributed by atoms with Gasteiger partial charge in [0.25, 0.3) is 0 Å². The Hall–Kier alpha value is -1.63. The van der Waals surface area contributed by atoms with Crippen molar-refractivity contribution in [3.63, 3.8) is 0 Å². The van der Waals surface area contributed by atoms with E-state index in [2.05, 4.69) is 21.0 Å².